The van der Waals surface area contributed by atoms with Crippen LogP contribution in [0.5, 0.6) is 0 Å². The highest BCUT2D eigenvalue weighted by Gasteiger charge is 2.32. The molecule has 224 valence electrons. The highest BCUT2D eigenvalue weighted by molar-refractivity contribution is 7.92. The van der Waals surface area contributed by atoms with Gasteiger partial charge in [-0.25, -0.2) is 27.8 Å². The molecule has 1 saturated carbocycles. The SMILES string of the molecule is CC(C)n1c(=O)c(-c2cnc(NS(=O)(=O)CCC(F)(F)F)nc2)cc2cnc(N[C@@H]3CC[C@@H](N(C)C)C(F)C3)nc21. The number of rotatable bonds is 9. The summed E-state index contributed by atoms with van der Waals surface area (Å²) in [6, 6.07) is 0.965. The topological polar surface area (TPSA) is 135 Å². The van der Waals surface area contributed by atoms with E-state index in [1.807, 2.05) is 37.6 Å². The predicted molar refractivity (Wildman–Crippen MR) is 147 cm³/mol. The van der Waals surface area contributed by atoms with E-state index >= 15 is 0 Å². The molecular weight excluding hydrogens is 568 g/mol. The van der Waals surface area contributed by atoms with Crippen molar-refractivity contribution >= 4 is 33.0 Å². The van der Waals surface area contributed by atoms with Gasteiger partial charge in [-0.1, -0.05) is 0 Å². The molecule has 3 atom stereocenters. The molecule has 16 heteroatoms. The number of hydrogen-bond acceptors (Lipinski definition) is 9. The second-order valence-electron chi connectivity index (χ2n) is 10.6. The highest BCUT2D eigenvalue weighted by Crippen LogP contribution is 2.28. The van der Waals surface area contributed by atoms with Crippen molar-refractivity contribution in [3.05, 3.63) is 35.0 Å². The molecule has 41 heavy (non-hydrogen) atoms. The summed E-state index contributed by atoms with van der Waals surface area (Å²) in [6.45, 7) is 3.62. The van der Waals surface area contributed by atoms with Crippen LogP contribution in [0.1, 0.15) is 45.6 Å². The van der Waals surface area contributed by atoms with Gasteiger partial charge in [0, 0.05) is 54.1 Å². The van der Waals surface area contributed by atoms with Crippen molar-refractivity contribution < 1.29 is 26.0 Å². The van der Waals surface area contributed by atoms with Crippen LogP contribution in [-0.4, -0.2) is 82.1 Å². The molecule has 3 heterocycles. The number of sulfonamides is 1. The third-order valence-corrected chi connectivity index (χ3v) is 8.12. The maximum atomic E-state index is 14.7. The van der Waals surface area contributed by atoms with Gasteiger partial charge in [0.25, 0.3) is 5.56 Å². The van der Waals surface area contributed by atoms with Gasteiger partial charge in [0.2, 0.25) is 21.9 Å². The van der Waals surface area contributed by atoms with Crippen molar-refractivity contribution in [3.8, 4) is 11.1 Å². The normalized spacial score (nSPS) is 20.1. The third-order valence-electron chi connectivity index (χ3n) is 6.89. The number of hydrogen-bond donors (Lipinski definition) is 2. The van der Waals surface area contributed by atoms with Crippen LogP contribution in [0.2, 0.25) is 0 Å². The predicted octanol–water partition coefficient (Wildman–Crippen LogP) is 3.76. The van der Waals surface area contributed by atoms with Gasteiger partial charge in [0.05, 0.1) is 17.7 Å². The Morgan fingerprint density at radius 3 is 2.34 bits per heavy atom. The fraction of sp³-hybridized carbons (Fsp3) is 0.560. The average molecular weight is 601 g/mol. The molecule has 1 fully saturated rings. The number of pyridine rings is 1. The van der Waals surface area contributed by atoms with Gasteiger partial charge >= 0.3 is 6.18 Å². The molecule has 0 aromatic carbocycles. The Morgan fingerprint density at radius 2 is 1.76 bits per heavy atom. The molecule has 1 aliphatic carbocycles. The Bertz CT molecular complexity index is 1550. The molecule has 11 nitrogen and oxygen atoms in total. The minimum Gasteiger partial charge on any atom is -0.351 e. The first-order chi connectivity index (χ1) is 19.1. The standard InChI is InChI=1S/C25H32F4N8O3S/c1-14(2)37-21-15(11-32-24(34-21)33-17-5-6-20(36(3)4)19(26)10-17)9-18(22(37)38)16-12-30-23(31-13-16)35-41(39,40)8-7-25(27,28)29/h9,11-14,17,19-20H,5-8,10H2,1-4H3,(H,30,31,35)(H,32,33,34)/t17-,19?,20-/m1/s1. The van der Waals surface area contributed by atoms with Crippen LogP contribution in [-0.2, 0) is 10.0 Å². The first-order valence-electron chi connectivity index (χ1n) is 13.0. The zero-order chi connectivity index (χ0) is 30.1. The van der Waals surface area contributed by atoms with E-state index in [0.29, 0.717) is 23.9 Å². The van der Waals surface area contributed by atoms with E-state index in [0.717, 1.165) is 6.42 Å². The van der Waals surface area contributed by atoms with Crippen LogP contribution < -0.4 is 15.6 Å². The van der Waals surface area contributed by atoms with E-state index < -0.39 is 46.1 Å². The number of anilines is 2. The molecular formula is C25H32F4N8O3S. The van der Waals surface area contributed by atoms with E-state index in [4.69, 9.17) is 0 Å². The number of nitrogens with zero attached hydrogens (tertiary/aromatic N) is 6. The Labute approximate surface area is 234 Å². The van der Waals surface area contributed by atoms with Gasteiger partial charge in [-0.15, -0.1) is 0 Å². The summed E-state index contributed by atoms with van der Waals surface area (Å²) in [6.07, 6.45) is -1.42. The van der Waals surface area contributed by atoms with E-state index in [9.17, 15) is 30.8 Å². The summed E-state index contributed by atoms with van der Waals surface area (Å²) in [5.74, 6) is -1.31. The minimum absolute atomic E-state index is 0.136. The van der Waals surface area contributed by atoms with Crippen molar-refractivity contribution in [2.45, 2.75) is 70.0 Å². The quantitative estimate of drug-likeness (QED) is 0.352. The van der Waals surface area contributed by atoms with Crippen molar-refractivity contribution in [1.29, 1.82) is 0 Å². The van der Waals surface area contributed by atoms with Gasteiger partial charge in [-0.3, -0.25) is 14.1 Å². The fourth-order valence-electron chi connectivity index (χ4n) is 4.83. The lowest BCUT2D eigenvalue weighted by Gasteiger charge is -2.35. The molecule has 4 rings (SSSR count). The van der Waals surface area contributed by atoms with Crippen LogP contribution >= 0.6 is 0 Å². The van der Waals surface area contributed by atoms with Crippen LogP contribution in [0.3, 0.4) is 0 Å². The van der Waals surface area contributed by atoms with Crippen LogP contribution in [0.4, 0.5) is 29.5 Å². The summed E-state index contributed by atoms with van der Waals surface area (Å²) in [5, 5.41) is 3.74. The molecule has 3 aromatic heterocycles. The highest BCUT2D eigenvalue weighted by atomic mass is 32.2. The third kappa shape index (κ3) is 7.47. The summed E-state index contributed by atoms with van der Waals surface area (Å²) in [7, 11) is -0.606. The maximum Gasteiger partial charge on any atom is 0.390 e. The van der Waals surface area contributed by atoms with Gasteiger partial charge < -0.3 is 10.2 Å². The van der Waals surface area contributed by atoms with Gasteiger partial charge in [-0.2, -0.15) is 18.2 Å². The molecule has 0 radical (unpaired) electrons. The van der Waals surface area contributed by atoms with E-state index in [2.05, 4.69) is 25.3 Å². The van der Waals surface area contributed by atoms with Gasteiger partial charge in [-0.05, 0) is 46.9 Å². The Kier molecular flexibility index (Phi) is 8.82. The Balaban J connectivity index is 1.58. The van der Waals surface area contributed by atoms with Crippen LogP contribution in [0.15, 0.2) is 29.5 Å². The summed E-state index contributed by atoms with van der Waals surface area (Å²) in [4.78, 5) is 32.1. The fourth-order valence-corrected chi connectivity index (χ4v) is 5.82. The summed E-state index contributed by atoms with van der Waals surface area (Å²) >= 11 is 0. The second kappa shape index (κ2) is 11.8. The molecule has 3 aromatic rings. The average Bonchev–Trinajstić information content (AvgIpc) is 2.87. The lowest BCUT2D eigenvalue weighted by molar-refractivity contribution is -0.129. The first kappa shape index (κ1) is 30.6. The molecule has 1 aliphatic rings. The smallest absolute Gasteiger partial charge is 0.351 e. The molecule has 0 spiro atoms. The number of alkyl halides is 4. The van der Waals surface area contributed by atoms with Crippen molar-refractivity contribution in [2.24, 2.45) is 0 Å². The first-order valence-corrected chi connectivity index (χ1v) is 14.7. The molecule has 0 aliphatic heterocycles. The van der Waals surface area contributed by atoms with Crippen LogP contribution in [0.25, 0.3) is 22.2 Å². The van der Waals surface area contributed by atoms with Crippen molar-refractivity contribution in [3.63, 3.8) is 0 Å². The Hall–Kier alpha value is -3.40. The summed E-state index contributed by atoms with van der Waals surface area (Å²) < 4.78 is 79.1. The van der Waals surface area contributed by atoms with Crippen LogP contribution in [0, 0.1) is 0 Å². The zero-order valence-corrected chi connectivity index (χ0v) is 23.8. The molecule has 0 saturated heterocycles. The largest absolute Gasteiger partial charge is 0.390 e. The van der Waals surface area contributed by atoms with Crippen molar-refractivity contribution in [2.75, 3.05) is 29.9 Å². The molecule has 0 bridgehead atoms. The lowest BCUT2D eigenvalue weighted by atomic mass is 9.89. The Morgan fingerprint density at radius 1 is 1.10 bits per heavy atom. The van der Waals surface area contributed by atoms with E-state index in [1.54, 1.807) is 12.3 Å². The molecule has 2 N–H and O–H groups in total. The van der Waals surface area contributed by atoms with Gasteiger partial charge in [0.15, 0.2) is 0 Å². The van der Waals surface area contributed by atoms with Gasteiger partial charge in [0.1, 0.15) is 11.8 Å². The maximum absolute atomic E-state index is 14.7. The number of fused-ring (bicyclic) bond motifs is 1. The minimum atomic E-state index is -4.63. The number of nitrogens with one attached hydrogen (secondary N) is 2. The molecule has 0 amide bonds. The monoisotopic (exact) mass is 600 g/mol. The number of halogens is 4. The van der Waals surface area contributed by atoms with E-state index in [-0.39, 0.29) is 35.2 Å². The van der Waals surface area contributed by atoms with E-state index in [1.165, 1.54) is 17.0 Å². The second-order valence-corrected chi connectivity index (χ2v) is 12.4. The zero-order valence-electron chi connectivity index (χ0n) is 23.0. The summed E-state index contributed by atoms with van der Waals surface area (Å²) in [5.41, 5.74) is 0.428. The van der Waals surface area contributed by atoms with Crippen molar-refractivity contribution in [1.82, 2.24) is 29.4 Å². The molecule has 1 unspecified atom stereocenters. The lowest BCUT2D eigenvalue weighted by Crippen LogP contribution is -2.44. The number of aromatic nitrogens is 5.